The van der Waals surface area contributed by atoms with Crippen LogP contribution in [-0.4, -0.2) is 39.6 Å². The molecular formula is C30H43N4O2+. The lowest BCUT2D eigenvalue weighted by molar-refractivity contribution is -0.884. The van der Waals surface area contributed by atoms with Gasteiger partial charge in [-0.1, -0.05) is 52.0 Å². The molecular weight excluding hydrogens is 448 g/mol. The summed E-state index contributed by atoms with van der Waals surface area (Å²) in [4.78, 5) is 17.4. The van der Waals surface area contributed by atoms with Crippen LogP contribution in [0.15, 0.2) is 59.7 Å². The van der Waals surface area contributed by atoms with Gasteiger partial charge in [0.05, 0.1) is 32.5 Å². The Hall–Kier alpha value is -3.38. The molecule has 6 nitrogen and oxygen atoms in total. The molecule has 0 saturated heterocycles. The molecule has 6 heteroatoms. The molecule has 3 heterocycles. The average molecular weight is 492 g/mol. The van der Waals surface area contributed by atoms with Gasteiger partial charge in [0.1, 0.15) is 18.8 Å². The third-order valence-corrected chi connectivity index (χ3v) is 5.71. The van der Waals surface area contributed by atoms with Crippen molar-refractivity contribution in [1.29, 1.82) is 0 Å². The van der Waals surface area contributed by atoms with Crippen LogP contribution in [0.2, 0.25) is 0 Å². The number of aromatic nitrogens is 3. The van der Waals surface area contributed by atoms with E-state index >= 15 is 0 Å². The summed E-state index contributed by atoms with van der Waals surface area (Å²) in [7, 11) is 6.47. The molecule has 0 amide bonds. The molecule has 36 heavy (non-hydrogen) atoms. The highest BCUT2D eigenvalue weighted by molar-refractivity contribution is 5.60. The number of hydrogen-bond donors (Lipinski definition) is 0. The molecule has 194 valence electrons. The largest absolute Gasteiger partial charge is 0.485 e. The summed E-state index contributed by atoms with van der Waals surface area (Å²) in [6, 6.07) is 13.3. The first-order valence-corrected chi connectivity index (χ1v) is 12.8. The summed E-state index contributed by atoms with van der Waals surface area (Å²) in [6.07, 6.45) is 3.76. The van der Waals surface area contributed by atoms with E-state index in [0.717, 1.165) is 33.8 Å². The molecule has 3 aromatic heterocycles. The molecule has 0 fully saturated rings. The molecule has 0 aliphatic heterocycles. The van der Waals surface area contributed by atoms with Crippen LogP contribution in [0.3, 0.4) is 0 Å². The summed E-state index contributed by atoms with van der Waals surface area (Å²) in [5.41, 5.74) is 7.07. The Labute approximate surface area is 216 Å². The zero-order valence-corrected chi connectivity index (χ0v) is 23.7. The van der Waals surface area contributed by atoms with Crippen molar-refractivity contribution in [1.82, 2.24) is 14.0 Å². The maximum Gasteiger partial charge on any atom is 0.255 e. The number of ether oxygens (including phenoxy) is 1. The second-order valence-electron chi connectivity index (χ2n) is 9.42. The molecule has 4 rings (SSSR count). The monoisotopic (exact) mass is 491 g/mol. The Morgan fingerprint density at radius 1 is 0.917 bits per heavy atom. The van der Waals surface area contributed by atoms with E-state index in [2.05, 4.69) is 57.6 Å². The van der Waals surface area contributed by atoms with E-state index in [0.29, 0.717) is 12.4 Å². The molecule has 0 aliphatic rings. The fraction of sp³-hybridized carbons (Fsp3) is 0.400. The number of fused-ring (bicyclic) bond motifs is 1. The molecule has 0 atom stereocenters. The maximum atomic E-state index is 12.5. The standard InChI is InChI=1S/C26H31N4O2.2C2H6/c1-18-10-9-11-19(2)22(18)17-32-24-14-21(28-13-8-7-12-25(28)31)15-29-23(16-30(4,5)6)20(3)27-26(24)29;2*1-2/h7-15H,16-17H2,1-6H3;2*1-2H3/q+1;;. The van der Waals surface area contributed by atoms with Crippen molar-refractivity contribution in [3.05, 3.63) is 93.3 Å². The van der Waals surface area contributed by atoms with E-state index in [9.17, 15) is 4.79 Å². The van der Waals surface area contributed by atoms with Crippen molar-refractivity contribution >= 4 is 5.65 Å². The molecule has 0 aliphatic carbocycles. The summed E-state index contributed by atoms with van der Waals surface area (Å²) in [6.45, 7) is 15.5. The highest BCUT2D eigenvalue weighted by atomic mass is 16.5. The number of quaternary nitrogens is 1. The van der Waals surface area contributed by atoms with Gasteiger partial charge in [-0.25, -0.2) is 4.98 Å². The minimum absolute atomic E-state index is 0.0856. The van der Waals surface area contributed by atoms with Gasteiger partial charge in [-0.2, -0.15) is 0 Å². The minimum atomic E-state index is -0.0856. The number of hydrogen-bond acceptors (Lipinski definition) is 3. The maximum absolute atomic E-state index is 12.5. The predicted octanol–water partition coefficient (Wildman–Crippen LogP) is 6.25. The molecule has 0 bridgehead atoms. The highest BCUT2D eigenvalue weighted by Gasteiger charge is 2.20. The summed E-state index contributed by atoms with van der Waals surface area (Å²) < 4.78 is 10.8. The number of nitrogens with zero attached hydrogens (tertiary/aromatic N) is 4. The fourth-order valence-corrected chi connectivity index (χ4v) is 4.01. The quantitative estimate of drug-likeness (QED) is 0.300. The van der Waals surface area contributed by atoms with E-state index in [4.69, 9.17) is 9.72 Å². The van der Waals surface area contributed by atoms with E-state index < -0.39 is 0 Å². The second-order valence-corrected chi connectivity index (χ2v) is 9.42. The predicted molar refractivity (Wildman–Crippen MR) is 150 cm³/mol. The van der Waals surface area contributed by atoms with Crippen molar-refractivity contribution in [2.45, 2.75) is 61.6 Å². The number of rotatable bonds is 6. The van der Waals surface area contributed by atoms with Gasteiger partial charge in [0, 0.05) is 24.5 Å². The molecule has 0 saturated carbocycles. The Bertz CT molecular complexity index is 1320. The van der Waals surface area contributed by atoms with Crippen LogP contribution in [0.25, 0.3) is 11.3 Å². The topological polar surface area (TPSA) is 48.5 Å². The lowest BCUT2D eigenvalue weighted by atomic mass is 10.0. The number of benzene rings is 1. The van der Waals surface area contributed by atoms with Gasteiger partial charge >= 0.3 is 0 Å². The second kappa shape index (κ2) is 12.5. The van der Waals surface area contributed by atoms with Crippen molar-refractivity contribution < 1.29 is 9.22 Å². The highest BCUT2D eigenvalue weighted by Crippen LogP contribution is 2.28. The van der Waals surface area contributed by atoms with E-state index in [1.807, 2.05) is 52.9 Å². The van der Waals surface area contributed by atoms with Crippen LogP contribution in [0.4, 0.5) is 0 Å². The molecule has 0 spiro atoms. The molecule has 4 aromatic rings. The fourth-order valence-electron chi connectivity index (χ4n) is 4.01. The number of pyridine rings is 2. The number of aryl methyl sites for hydroxylation is 3. The summed E-state index contributed by atoms with van der Waals surface area (Å²) >= 11 is 0. The van der Waals surface area contributed by atoms with Crippen molar-refractivity contribution in [2.24, 2.45) is 0 Å². The molecule has 0 radical (unpaired) electrons. The van der Waals surface area contributed by atoms with Crippen LogP contribution in [-0.2, 0) is 13.2 Å². The van der Waals surface area contributed by atoms with Gasteiger partial charge in [-0.15, -0.1) is 0 Å². The first-order valence-electron chi connectivity index (χ1n) is 12.8. The molecule has 0 unspecified atom stereocenters. The Kier molecular flexibility index (Phi) is 10.1. The Balaban J connectivity index is 0.00000109. The first kappa shape index (κ1) is 28.9. The van der Waals surface area contributed by atoms with Crippen molar-refractivity contribution in [3.63, 3.8) is 0 Å². The normalized spacial score (nSPS) is 10.8. The smallest absolute Gasteiger partial charge is 0.255 e. The van der Waals surface area contributed by atoms with Gasteiger partial charge in [-0.05, 0) is 43.5 Å². The summed E-state index contributed by atoms with van der Waals surface area (Å²) in [5.74, 6) is 0.664. The van der Waals surface area contributed by atoms with Gasteiger partial charge in [0.25, 0.3) is 5.56 Å². The Morgan fingerprint density at radius 3 is 2.14 bits per heavy atom. The zero-order valence-electron chi connectivity index (χ0n) is 23.7. The van der Waals surface area contributed by atoms with E-state index in [1.165, 1.54) is 16.7 Å². The van der Waals surface area contributed by atoms with Crippen molar-refractivity contribution in [3.8, 4) is 11.4 Å². The third-order valence-electron chi connectivity index (χ3n) is 5.71. The van der Waals surface area contributed by atoms with Gasteiger partial charge in [0.15, 0.2) is 11.4 Å². The van der Waals surface area contributed by atoms with Crippen LogP contribution in [0.5, 0.6) is 5.75 Å². The average Bonchev–Trinajstić information content (AvgIpc) is 3.15. The zero-order chi connectivity index (χ0) is 27.0. The van der Waals surface area contributed by atoms with Crippen LogP contribution in [0, 0.1) is 20.8 Å². The van der Waals surface area contributed by atoms with Crippen molar-refractivity contribution in [2.75, 3.05) is 21.1 Å². The minimum Gasteiger partial charge on any atom is -0.485 e. The third kappa shape index (κ3) is 6.64. The van der Waals surface area contributed by atoms with Gasteiger partial charge < -0.3 is 9.22 Å². The van der Waals surface area contributed by atoms with Gasteiger partial charge in [0.2, 0.25) is 0 Å². The lowest BCUT2D eigenvalue weighted by Gasteiger charge is -2.24. The van der Waals surface area contributed by atoms with Crippen LogP contribution < -0.4 is 10.3 Å². The summed E-state index contributed by atoms with van der Waals surface area (Å²) in [5, 5.41) is 0. The molecule has 0 N–H and O–H groups in total. The van der Waals surface area contributed by atoms with Gasteiger partial charge in [-0.3, -0.25) is 13.8 Å². The van der Waals surface area contributed by atoms with E-state index in [-0.39, 0.29) is 5.56 Å². The Morgan fingerprint density at radius 2 is 1.56 bits per heavy atom. The van der Waals surface area contributed by atoms with Crippen LogP contribution >= 0.6 is 0 Å². The number of imidazole rings is 1. The van der Waals surface area contributed by atoms with E-state index in [1.54, 1.807) is 22.9 Å². The van der Waals surface area contributed by atoms with Crippen LogP contribution in [0.1, 0.15) is 55.8 Å². The SMILES string of the molecule is CC.CC.Cc1cccc(C)c1COc1cc(-n2ccccc2=O)cn2c(C[N+](C)(C)C)c(C)nc12. The lowest BCUT2D eigenvalue weighted by Crippen LogP contribution is -2.34. The molecule has 1 aromatic carbocycles. The first-order chi connectivity index (χ1) is 17.1.